The molecule has 72 heavy (non-hydrogen) atoms. The minimum absolute atomic E-state index is 0.182. The van der Waals surface area contributed by atoms with Crippen LogP contribution < -0.4 is 9.47 Å². The Kier molecular flexibility index (Phi) is 22.9. The number of aliphatic hydroxyl groups excluding tert-OH is 6. The molecule has 0 aliphatic carbocycles. The minimum atomic E-state index is -4.18. The molecule has 2 aromatic rings. The quantitative estimate of drug-likeness (QED) is 0.0429. The average molecular weight is 1070 g/mol. The maximum atomic E-state index is 13.5. The van der Waals surface area contributed by atoms with Gasteiger partial charge < -0.3 is 68.7 Å². The maximum Gasteiger partial charge on any atom is 0.336 e. The number of benzene rings is 2. The fraction of sp³-hybridized carbons (Fsp3) is 0.688. The molecule has 11 atom stereocenters. The number of carbonyl (C=O) groups excluding carboxylic acids is 3. The molecule has 0 radical (unpaired) electrons. The molecule has 410 valence electrons. The van der Waals surface area contributed by atoms with Crippen molar-refractivity contribution in [2.75, 3.05) is 32.7 Å². The second kappa shape index (κ2) is 26.3. The minimum Gasteiger partial charge on any atom is -0.462 e. The molecule has 2 aromatic carbocycles. The second-order valence-corrected chi connectivity index (χ2v) is 25.0. The summed E-state index contributed by atoms with van der Waals surface area (Å²) >= 11 is 0. The predicted molar refractivity (Wildman–Crippen MR) is 257 cm³/mol. The molecule has 2 heterocycles. The van der Waals surface area contributed by atoms with E-state index in [2.05, 4.69) is 0 Å². The normalized spacial score (nSPS) is 25.8. The van der Waals surface area contributed by atoms with E-state index in [4.69, 9.17) is 46.7 Å². The van der Waals surface area contributed by atoms with Crippen molar-refractivity contribution in [3.05, 3.63) is 58.7 Å². The van der Waals surface area contributed by atoms with Crippen molar-refractivity contribution in [3.8, 4) is 11.5 Å². The zero-order valence-electron chi connectivity index (χ0n) is 43.3. The van der Waals surface area contributed by atoms with E-state index in [1.807, 2.05) is 52.0 Å². The lowest BCUT2D eigenvalue weighted by Gasteiger charge is -2.40. The molecular formula is C48H76O22P2. The first-order valence-electron chi connectivity index (χ1n) is 23.3. The maximum absolute atomic E-state index is 13.5. The van der Waals surface area contributed by atoms with Crippen molar-refractivity contribution in [1.82, 2.24) is 0 Å². The molecule has 2 saturated heterocycles. The molecule has 24 heteroatoms. The molecule has 2 aliphatic rings. The van der Waals surface area contributed by atoms with Gasteiger partial charge in [0.1, 0.15) is 48.1 Å². The number of aryl methyl sites for hydroxylation is 4. The molecule has 22 nitrogen and oxygen atoms in total. The van der Waals surface area contributed by atoms with Gasteiger partial charge in [-0.05, 0) is 126 Å². The standard InChI is InChI=1S/C27H43O12P.C21H33O10P/c1-16-9-10-18(17(2)13-16)38-23-22(30)21(29)20(28)19(39-23)11-12-40(33,36-14-34-24(31)26(3,4)5)37-15-35-25(32)27(6,7)8;1-12-6-7-14(13(2)10-12)30-19-18(24)17(23)16(22)15(31-19)8-9-32(26,27)29-11-28-20(25)21(3,4)5/h9-10,13,19-23,28-30H,11-12,14-15H2,1-8H3;6-7,10,15-19,22-24H,8-9,11H2,1-5H3,(H,26,27)/t19-,20-,21+,22+,23+;15-,16-,17+,18+,19+/m11/s1. The van der Waals surface area contributed by atoms with Gasteiger partial charge in [0, 0.05) is 0 Å². The van der Waals surface area contributed by atoms with E-state index in [1.165, 1.54) is 0 Å². The number of carbonyl (C=O) groups is 3. The third-order valence-corrected chi connectivity index (χ3v) is 14.2. The summed E-state index contributed by atoms with van der Waals surface area (Å²) in [4.78, 5) is 45.9. The smallest absolute Gasteiger partial charge is 0.336 e. The van der Waals surface area contributed by atoms with Gasteiger partial charge in [0.15, 0.2) is 0 Å². The number of aliphatic hydroxyl groups is 6. The number of ether oxygens (including phenoxy) is 7. The molecule has 0 amide bonds. The Morgan fingerprint density at radius 1 is 0.514 bits per heavy atom. The van der Waals surface area contributed by atoms with Gasteiger partial charge in [0.05, 0.1) is 40.8 Å². The van der Waals surface area contributed by atoms with Gasteiger partial charge in [-0.3, -0.25) is 37.1 Å². The van der Waals surface area contributed by atoms with Gasteiger partial charge in [-0.15, -0.1) is 0 Å². The third-order valence-electron chi connectivity index (χ3n) is 11.0. The van der Waals surface area contributed by atoms with E-state index >= 15 is 0 Å². The molecule has 0 saturated carbocycles. The van der Waals surface area contributed by atoms with Crippen molar-refractivity contribution in [3.63, 3.8) is 0 Å². The van der Waals surface area contributed by atoms with Gasteiger partial charge >= 0.3 is 33.1 Å². The van der Waals surface area contributed by atoms with Gasteiger partial charge in [-0.25, -0.2) is 0 Å². The number of rotatable bonds is 19. The summed E-state index contributed by atoms with van der Waals surface area (Å²) in [5.41, 5.74) is 1.12. The molecular weight excluding hydrogens is 990 g/mol. The van der Waals surface area contributed by atoms with Crippen molar-refractivity contribution in [2.45, 2.75) is 164 Å². The number of esters is 3. The Bertz CT molecular complexity index is 2160. The summed E-state index contributed by atoms with van der Waals surface area (Å²) in [6.07, 6.45) is -15.5. The highest BCUT2D eigenvalue weighted by Crippen LogP contribution is 2.50. The zero-order chi connectivity index (χ0) is 54.7. The van der Waals surface area contributed by atoms with Crippen molar-refractivity contribution < 1.29 is 106 Å². The van der Waals surface area contributed by atoms with Crippen LogP contribution in [-0.2, 0) is 60.8 Å². The fourth-order valence-corrected chi connectivity index (χ4v) is 8.81. The van der Waals surface area contributed by atoms with Crippen molar-refractivity contribution in [2.24, 2.45) is 16.2 Å². The van der Waals surface area contributed by atoms with Crippen LogP contribution in [0.1, 0.15) is 97.4 Å². The van der Waals surface area contributed by atoms with Crippen molar-refractivity contribution in [1.29, 1.82) is 0 Å². The monoisotopic (exact) mass is 1070 g/mol. The van der Waals surface area contributed by atoms with Crippen LogP contribution in [0.25, 0.3) is 0 Å². The Hall–Kier alpha value is -3.57. The predicted octanol–water partition coefficient (Wildman–Crippen LogP) is 4.83. The largest absolute Gasteiger partial charge is 0.462 e. The van der Waals surface area contributed by atoms with E-state index < -0.39 is 137 Å². The summed E-state index contributed by atoms with van der Waals surface area (Å²) in [6, 6.07) is 10.8. The summed E-state index contributed by atoms with van der Waals surface area (Å²) in [5, 5.41) is 62.2. The Labute approximate surface area is 421 Å². The Morgan fingerprint density at radius 2 is 0.847 bits per heavy atom. The van der Waals surface area contributed by atoms with E-state index in [0.29, 0.717) is 11.5 Å². The van der Waals surface area contributed by atoms with Crippen LogP contribution in [0.3, 0.4) is 0 Å². The van der Waals surface area contributed by atoms with Crippen LogP contribution in [0.4, 0.5) is 0 Å². The first-order chi connectivity index (χ1) is 33.0. The average Bonchev–Trinajstić information content (AvgIpc) is 3.26. The van der Waals surface area contributed by atoms with Crippen molar-refractivity contribution >= 4 is 33.1 Å². The highest BCUT2D eigenvalue weighted by Gasteiger charge is 2.47. The molecule has 2 fully saturated rings. The van der Waals surface area contributed by atoms with E-state index in [0.717, 1.165) is 22.3 Å². The van der Waals surface area contributed by atoms with Crippen LogP contribution in [0.2, 0.25) is 0 Å². The summed E-state index contributed by atoms with van der Waals surface area (Å²) in [6.45, 7) is 20.1. The molecule has 4 rings (SSSR count). The summed E-state index contributed by atoms with van der Waals surface area (Å²) in [7, 11) is -8.28. The van der Waals surface area contributed by atoms with E-state index in [1.54, 1.807) is 74.4 Å². The lowest BCUT2D eigenvalue weighted by Crippen LogP contribution is -2.59. The van der Waals surface area contributed by atoms with Crippen LogP contribution in [0.15, 0.2) is 36.4 Å². The molecule has 7 N–H and O–H groups in total. The SMILES string of the molecule is Cc1ccc(O[C@H]2O[C@H](CCP(=O)(O)OCOC(=O)C(C)(C)C)[C@@H](O)[C@H](O)[C@@H]2O)c(C)c1.Cc1ccc(O[C@H]2O[C@H](CCP(=O)(OCOC(=O)C(C)(C)C)OCOC(=O)C(C)(C)C)[C@@H](O)[C@H](O)[C@@H]2O)c(C)c1. The zero-order valence-corrected chi connectivity index (χ0v) is 45.1. The summed E-state index contributed by atoms with van der Waals surface area (Å²) < 4.78 is 78.9. The van der Waals surface area contributed by atoms with Gasteiger partial charge in [0.2, 0.25) is 33.0 Å². The highest BCUT2D eigenvalue weighted by atomic mass is 31.2. The van der Waals surface area contributed by atoms with E-state index in [9.17, 15) is 59.0 Å². The fourth-order valence-electron chi connectivity index (χ4n) is 6.56. The van der Waals surface area contributed by atoms with Gasteiger partial charge in [-0.2, -0.15) is 0 Å². The van der Waals surface area contributed by atoms with Gasteiger partial charge in [0.25, 0.3) is 0 Å². The second-order valence-electron chi connectivity index (χ2n) is 20.9. The molecule has 0 bridgehead atoms. The van der Waals surface area contributed by atoms with Crippen LogP contribution in [-0.4, -0.2) is 148 Å². The van der Waals surface area contributed by atoms with Gasteiger partial charge in [-0.1, -0.05) is 35.4 Å². The molecule has 2 aliphatic heterocycles. The Morgan fingerprint density at radius 3 is 1.18 bits per heavy atom. The van der Waals surface area contributed by atoms with Crippen LogP contribution in [0, 0.1) is 43.9 Å². The molecule has 0 spiro atoms. The lowest BCUT2D eigenvalue weighted by molar-refractivity contribution is -0.272. The molecule has 0 aromatic heterocycles. The lowest BCUT2D eigenvalue weighted by atomic mass is 9.97. The first kappa shape index (κ1) is 62.7. The Balaban J connectivity index is 0.000000390. The third kappa shape index (κ3) is 19.3. The molecule has 1 unspecified atom stereocenters. The highest BCUT2D eigenvalue weighted by molar-refractivity contribution is 7.53. The summed E-state index contributed by atoms with van der Waals surface area (Å²) in [5.74, 6) is -0.956. The van der Waals surface area contributed by atoms with E-state index in [-0.39, 0.29) is 19.0 Å². The topological polar surface area (TPSA) is 319 Å². The number of hydrogen-bond acceptors (Lipinski definition) is 21. The van der Waals surface area contributed by atoms with Crippen LogP contribution in [0.5, 0.6) is 11.5 Å². The number of hydrogen-bond donors (Lipinski definition) is 7. The van der Waals surface area contributed by atoms with Crippen LogP contribution >= 0.6 is 15.2 Å². The first-order valence-corrected chi connectivity index (χ1v) is 26.8.